The zero-order valence-corrected chi connectivity index (χ0v) is 13.7. The minimum absolute atomic E-state index is 0.132. The van der Waals surface area contributed by atoms with Gasteiger partial charge in [-0.15, -0.1) is 0 Å². The fourth-order valence-electron chi connectivity index (χ4n) is 3.14. The van der Waals surface area contributed by atoms with Crippen molar-refractivity contribution in [2.24, 2.45) is 5.41 Å². The average molecular weight is 309 g/mol. The highest BCUT2D eigenvalue weighted by Crippen LogP contribution is 2.31. The molecule has 2 unspecified atom stereocenters. The summed E-state index contributed by atoms with van der Waals surface area (Å²) in [6.45, 7) is 5.96. The lowest BCUT2D eigenvalue weighted by molar-refractivity contribution is -0.131. The molecule has 0 radical (unpaired) electrons. The third-order valence-electron chi connectivity index (χ3n) is 4.29. The van der Waals surface area contributed by atoms with Crippen LogP contribution in [0.15, 0.2) is 24.3 Å². The summed E-state index contributed by atoms with van der Waals surface area (Å²) in [5.74, 6) is 0.204. The highest BCUT2D eigenvalue weighted by molar-refractivity contribution is 6.30. The third kappa shape index (κ3) is 4.21. The second-order valence-electron chi connectivity index (χ2n) is 6.16. The van der Waals surface area contributed by atoms with Crippen molar-refractivity contribution in [3.8, 4) is 0 Å². The lowest BCUT2D eigenvalue weighted by atomic mass is 9.81. The Morgan fingerprint density at radius 1 is 1.43 bits per heavy atom. The minimum Gasteiger partial charge on any atom is -0.353 e. The van der Waals surface area contributed by atoms with Crippen molar-refractivity contribution in [1.29, 1.82) is 0 Å². The van der Waals surface area contributed by atoms with E-state index in [9.17, 15) is 4.79 Å². The van der Waals surface area contributed by atoms with Crippen molar-refractivity contribution in [2.75, 3.05) is 13.1 Å². The van der Waals surface area contributed by atoms with E-state index in [1.165, 1.54) is 5.56 Å². The summed E-state index contributed by atoms with van der Waals surface area (Å²) in [7, 11) is 0. The van der Waals surface area contributed by atoms with Gasteiger partial charge >= 0.3 is 0 Å². The number of benzene rings is 1. The van der Waals surface area contributed by atoms with Gasteiger partial charge in [-0.2, -0.15) is 0 Å². The lowest BCUT2D eigenvalue weighted by Gasteiger charge is -2.28. The van der Waals surface area contributed by atoms with E-state index in [4.69, 9.17) is 11.6 Å². The number of amides is 1. The molecule has 1 saturated heterocycles. The Kier molecular flexibility index (Phi) is 5.65. The van der Waals surface area contributed by atoms with E-state index in [-0.39, 0.29) is 17.4 Å². The first-order valence-electron chi connectivity index (χ1n) is 7.82. The van der Waals surface area contributed by atoms with Gasteiger partial charge in [0.25, 0.3) is 0 Å². The Balaban J connectivity index is 1.93. The van der Waals surface area contributed by atoms with E-state index < -0.39 is 0 Å². The minimum atomic E-state index is -0.205. The Bertz CT molecular complexity index is 466. The van der Waals surface area contributed by atoms with E-state index in [1.807, 2.05) is 24.3 Å². The average Bonchev–Trinajstić information content (AvgIpc) is 2.92. The van der Waals surface area contributed by atoms with Gasteiger partial charge in [0, 0.05) is 17.6 Å². The number of carbonyl (C=O) groups excluding carboxylic acids is 1. The van der Waals surface area contributed by atoms with E-state index in [0.717, 1.165) is 43.8 Å². The molecule has 1 aromatic rings. The van der Waals surface area contributed by atoms with Crippen molar-refractivity contribution in [1.82, 2.24) is 10.6 Å². The Labute approximate surface area is 132 Å². The van der Waals surface area contributed by atoms with E-state index in [1.54, 1.807) is 0 Å². The molecule has 1 fully saturated rings. The van der Waals surface area contributed by atoms with Crippen molar-refractivity contribution >= 4 is 17.5 Å². The Morgan fingerprint density at radius 3 is 2.71 bits per heavy atom. The molecule has 116 valence electrons. The van der Waals surface area contributed by atoms with Crippen LogP contribution in [0, 0.1) is 5.41 Å². The van der Waals surface area contributed by atoms with Gasteiger partial charge in [-0.25, -0.2) is 0 Å². The van der Waals surface area contributed by atoms with Crippen LogP contribution in [-0.4, -0.2) is 25.0 Å². The topological polar surface area (TPSA) is 41.1 Å². The molecule has 4 heteroatoms. The molecule has 0 aliphatic carbocycles. The van der Waals surface area contributed by atoms with Crippen LogP contribution in [-0.2, 0) is 11.2 Å². The van der Waals surface area contributed by atoms with E-state index in [0.29, 0.717) is 0 Å². The van der Waals surface area contributed by atoms with Crippen LogP contribution in [0.3, 0.4) is 0 Å². The highest BCUT2D eigenvalue weighted by atomic mass is 35.5. The molecule has 0 aromatic heterocycles. The molecule has 0 bridgehead atoms. The van der Waals surface area contributed by atoms with Crippen LogP contribution >= 0.6 is 11.6 Å². The molecule has 2 atom stereocenters. The van der Waals surface area contributed by atoms with Gasteiger partial charge < -0.3 is 10.6 Å². The van der Waals surface area contributed by atoms with Crippen LogP contribution in [0.25, 0.3) is 0 Å². The predicted molar refractivity (Wildman–Crippen MR) is 87.6 cm³/mol. The number of halogens is 1. The molecule has 0 spiro atoms. The summed E-state index contributed by atoms with van der Waals surface area (Å²) in [5.41, 5.74) is 0.990. The number of hydrogen-bond donors (Lipinski definition) is 2. The molecule has 0 saturated carbocycles. The van der Waals surface area contributed by atoms with Crippen molar-refractivity contribution in [3.05, 3.63) is 34.9 Å². The SMILES string of the molecule is CCCC1(C(=O)NC(C)Cc2ccc(Cl)cc2)CCNC1. The Hall–Kier alpha value is -1.06. The van der Waals surface area contributed by atoms with Crippen LogP contribution in [0.1, 0.15) is 38.7 Å². The number of hydrogen-bond acceptors (Lipinski definition) is 2. The molecule has 1 aliphatic heterocycles. The maximum absolute atomic E-state index is 12.6. The monoisotopic (exact) mass is 308 g/mol. The second-order valence-corrected chi connectivity index (χ2v) is 6.60. The summed E-state index contributed by atoms with van der Waals surface area (Å²) in [5, 5.41) is 7.28. The van der Waals surface area contributed by atoms with Crippen molar-refractivity contribution in [3.63, 3.8) is 0 Å². The van der Waals surface area contributed by atoms with Crippen molar-refractivity contribution in [2.45, 2.75) is 45.6 Å². The van der Waals surface area contributed by atoms with Gasteiger partial charge in [-0.1, -0.05) is 37.1 Å². The standard InChI is InChI=1S/C17H25ClN2O/c1-3-8-17(9-10-19-12-17)16(21)20-13(2)11-14-4-6-15(18)7-5-14/h4-7,13,19H,3,8-12H2,1-2H3,(H,20,21). The van der Waals surface area contributed by atoms with Gasteiger partial charge in [-0.3, -0.25) is 4.79 Å². The molecule has 1 amide bonds. The summed E-state index contributed by atoms with van der Waals surface area (Å²) < 4.78 is 0. The summed E-state index contributed by atoms with van der Waals surface area (Å²) in [6.07, 6.45) is 3.78. The highest BCUT2D eigenvalue weighted by Gasteiger charge is 2.40. The maximum atomic E-state index is 12.6. The zero-order chi connectivity index (χ0) is 15.3. The van der Waals surface area contributed by atoms with Crippen molar-refractivity contribution < 1.29 is 4.79 Å². The van der Waals surface area contributed by atoms with E-state index in [2.05, 4.69) is 24.5 Å². The number of rotatable bonds is 6. The predicted octanol–water partition coefficient (Wildman–Crippen LogP) is 3.17. The van der Waals surface area contributed by atoms with Gasteiger partial charge in [0.15, 0.2) is 0 Å². The molecule has 2 rings (SSSR count). The molecular weight excluding hydrogens is 284 g/mol. The fraction of sp³-hybridized carbons (Fsp3) is 0.588. The molecule has 3 nitrogen and oxygen atoms in total. The first kappa shape index (κ1) is 16.3. The molecule has 1 heterocycles. The molecule has 1 aromatic carbocycles. The van der Waals surface area contributed by atoms with E-state index >= 15 is 0 Å². The van der Waals surface area contributed by atoms with Crippen LogP contribution in [0.2, 0.25) is 5.02 Å². The van der Waals surface area contributed by atoms with Crippen LogP contribution < -0.4 is 10.6 Å². The number of nitrogens with one attached hydrogen (secondary N) is 2. The fourth-order valence-corrected chi connectivity index (χ4v) is 3.27. The largest absolute Gasteiger partial charge is 0.353 e. The van der Waals surface area contributed by atoms with Gasteiger partial charge in [-0.05, 0) is 50.4 Å². The Morgan fingerprint density at radius 2 is 2.14 bits per heavy atom. The molecule has 21 heavy (non-hydrogen) atoms. The number of carbonyl (C=O) groups is 1. The van der Waals surface area contributed by atoms with Gasteiger partial charge in [0.05, 0.1) is 5.41 Å². The first-order chi connectivity index (χ1) is 10.1. The summed E-state index contributed by atoms with van der Waals surface area (Å²) in [4.78, 5) is 12.6. The van der Waals surface area contributed by atoms with Crippen LogP contribution in [0.4, 0.5) is 0 Å². The van der Waals surface area contributed by atoms with Gasteiger partial charge in [0.2, 0.25) is 5.91 Å². The lowest BCUT2D eigenvalue weighted by Crippen LogP contribution is -2.46. The smallest absolute Gasteiger partial charge is 0.227 e. The zero-order valence-electron chi connectivity index (χ0n) is 12.9. The molecular formula is C17H25ClN2O. The summed E-state index contributed by atoms with van der Waals surface area (Å²) >= 11 is 5.89. The normalized spacial score (nSPS) is 23.0. The molecule has 1 aliphatic rings. The van der Waals surface area contributed by atoms with Gasteiger partial charge in [0.1, 0.15) is 0 Å². The maximum Gasteiger partial charge on any atom is 0.227 e. The third-order valence-corrected chi connectivity index (χ3v) is 4.54. The van der Waals surface area contributed by atoms with Crippen LogP contribution in [0.5, 0.6) is 0 Å². The summed E-state index contributed by atoms with van der Waals surface area (Å²) in [6, 6.07) is 7.96. The second kappa shape index (κ2) is 7.28. The first-order valence-corrected chi connectivity index (χ1v) is 8.20. The quantitative estimate of drug-likeness (QED) is 0.847. The molecule has 2 N–H and O–H groups in total.